The number of ether oxygens (including phenoxy) is 1. The van der Waals surface area contributed by atoms with Gasteiger partial charge in [0.25, 0.3) is 5.19 Å². The van der Waals surface area contributed by atoms with Crippen LogP contribution in [0.2, 0.25) is 5.15 Å². The van der Waals surface area contributed by atoms with Crippen LogP contribution in [0.1, 0.15) is 40.0 Å². The lowest BCUT2D eigenvalue weighted by molar-refractivity contribution is 0.0561. The molecule has 2 rings (SSSR count). The van der Waals surface area contributed by atoms with Crippen LogP contribution in [-0.4, -0.2) is 11.1 Å². The Morgan fingerprint density at radius 2 is 2.25 bits per heavy atom. The van der Waals surface area contributed by atoms with Gasteiger partial charge in [0.15, 0.2) is 0 Å². The standard InChI is InChI=1S/C12H18ClNOS/c1-8-4-9(6-12(2,3)5-8)15-11-14-10(13)7-16-11/h7-9H,4-6H2,1-3H3. The van der Waals surface area contributed by atoms with Crippen LogP contribution in [0.3, 0.4) is 0 Å². The van der Waals surface area contributed by atoms with E-state index in [-0.39, 0.29) is 0 Å². The van der Waals surface area contributed by atoms with E-state index >= 15 is 0 Å². The Balaban J connectivity index is 1.99. The summed E-state index contributed by atoms with van der Waals surface area (Å²) in [6, 6.07) is 0. The summed E-state index contributed by atoms with van der Waals surface area (Å²) in [5.74, 6) is 0.726. The van der Waals surface area contributed by atoms with Crippen molar-refractivity contribution in [1.82, 2.24) is 4.98 Å². The van der Waals surface area contributed by atoms with E-state index in [9.17, 15) is 0 Å². The lowest BCUT2D eigenvalue weighted by Gasteiger charge is -2.38. The molecule has 0 radical (unpaired) electrons. The maximum Gasteiger partial charge on any atom is 0.274 e. The van der Waals surface area contributed by atoms with Gasteiger partial charge in [0.2, 0.25) is 0 Å². The molecule has 0 aliphatic heterocycles. The molecular weight excluding hydrogens is 242 g/mol. The predicted octanol–water partition coefficient (Wildman–Crippen LogP) is 4.39. The third-order valence-electron chi connectivity index (χ3n) is 3.07. The Hall–Kier alpha value is -0.280. The summed E-state index contributed by atoms with van der Waals surface area (Å²) in [6.07, 6.45) is 3.81. The van der Waals surface area contributed by atoms with Crippen LogP contribution in [-0.2, 0) is 0 Å². The van der Waals surface area contributed by atoms with Crippen molar-refractivity contribution in [3.63, 3.8) is 0 Å². The summed E-state index contributed by atoms with van der Waals surface area (Å²) in [5.41, 5.74) is 0.378. The summed E-state index contributed by atoms with van der Waals surface area (Å²) in [6.45, 7) is 6.92. The Morgan fingerprint density at radius 3 is 2.81 bits per heavy atom. The Kier molecular flexibility index (Phi) is 3.45. The van der Waals surface area contributed by atoms with Gasteiger partial charge in [-0.1, -0.05) is 43.7 Å². The minimum atomic E-state index is 0.293. The van der Waals surface area contributed by atoms with Crippen LogP contribution in [0.5, 0.6) is 5.19 Å². The molecular formula is C12H18ClNOS. The molecule has 0 saturated heterocycles. The van der Waals surface area contributed by atoms with E-state index in [0.717, 1.165) is 18.8 Å². The van der Waals surface area contributed by atoms with Crippen LogP contribution in [0, 0.1) is 11.3 Å². The van der Waals surface area contributed by atoms with Gasteiger partial charge >= 0.3 is 0 Å². The first-order valence-electron chi connectivity index (χ1n) is 5.72. The van der Waals surface area contributed by atoms with Gasteiger partial charge in [-0.25, -0.2) is 0 Å². The molecule has 2 unspecified atom stereocenters. The van der Waals surface area contributed by atoms with Gasteiger partial charge in [-0.05, 0) is 30.6 Å². The number of thiazole rings is 1. The second-order valence-electron chi connectivity index (χ2n) is 5.59. The molecule has 1 saturated carbocycles. The number of hydrogen-bond acceptors (Lipinski definition) is 3. The highest BCUT2D eigenvalue weighted by Crippen LogP contribution is 2.40. The van der Waals surface area contributed by atoms with E-state index in [4.69, 9.17) is 16.3 Å². The molecule has 1 aliphatic rings. The molecule has 1 heterocycles. The zero-order valence-electron chi connectivity index (χ0n) is 10.00. The molecule has 0 aromatic carbocycles. The van der Waals surface area contributed by atoms with Gasteiger partial charge < -0.3 is 4.74 Å². The van der Waals surface area contributed by atoms with Gasteiger partial charge in [-0.3, -0.25) is 0 Å². The van der Waals surface area contributed by atoms with Crippen LogP contribution in [0.25, 0.3) is 0 Å². The topological polar surface area (TPSA) is 22.1 Å². The molecule has 90 valence electrons. The molecule has 0 N–H and O–H groups in total. The van der Waals surface area contributed by atoms with Crippen molar-refractivity contribution < 1.29 is 4.74 Å². The van der Waals surface area contributed by atoms with Gasteiger partial charge in [-0.15, -0.1) is 0 Å². The second kappa shape index (κ2) is 4.53. The van der Waals surface area contributed by atoms with Crippen molar-refractivity contribution in [2.45, 2.75) is 46.1 Å². The van der Waals surface area contributed by atoms with Crippen LogP contribution in [0.4, 0.5) is 0 Å². The van der Waals surface area contributed by atoms with Crippen molar-refractivity contribution in [3.05, 3.63) is 10.5 Å². The zero-order valence-corrected chi connectivity index (χ0v) is 11.6. The Morgan fingerprint density at radius 1 is 1.50 bits per heavy atom. The summed E-state index contributed by atoms with van der Waals surface area (Å²) in [7, 11) is 0. The fourth-order valence-electron chi connectivity index (χ4n) is 2.78. The fraction of sp³-hybridized carbons (Fsp3) is 0.750. The van der Waals surface area contributed by atoms with Gasteiger partial charge in [-0.2, -0.15) is 4.98 Å². The summed E-state index contributed by atoms with van der Waals surface area (Å²) >= 11 is 7.26. The minimum absolute atomic E-state index is 0.293. The van der Waals surface area contributed by atoms with E-state index < -0.39 is 0 Å². The highest BCUT2D eigenvalue weighted by atomic mass is 35.5. The largest absolute Gasteiger partial charge is 0.467 e. The average Bonchev–Trinajstić information content (AvgIpc) is 2.46. The van der Waals surface area contributed by atoms with Crippen molar-refractivity contribution in [3.8, 4) is 5.19 Å². The van der Waals surface area contributed by atoms with Crippen molar-refractivity contribution in [2.24, 2.45) is 11.3 Å². The SMILES string of the molecule is CC1CC(Oc2nc(Cl)cs2)CC(C)(C)C1. The maximum absolute atomic E-state index is 5.91. The molecule has 0 bridgehead atoms. The molecule has 4 heteroatoms. The zero-order chi connectivity index (χ0) is 11.8. The van der Waals surface area contributed by atoms with Crippen LogP contribution >= 0.6 is 22.9 Å². The highest BCUT2D eigenvalue weighted by molar-refractivity contribution is 7.11. The summed E-state index contributed by atoms with van der Waals surface area (Å²) < 4.78 is 5.91. The highest BCUT2D eigenvalue weighted by Gasteiger charge is 2.33. The summed E-state index contributed by atoms with van der Waals surface area (Å²) in [5, 5.41) is 3.05. The third kappa shape index (κ3) is 3.11. The Labute approximate surface area is 106 Å². The first-order valence-corrected chi connectivity index (χ1v) is 6.98. The van der Waals surface area contributed by atoms with Crippen molar-refractivity contribution in [1.29, 1.82) is 0 Å². The second-order valence-corrected chi connectivity index (χ2v) is 6.80. The summed E-state index contributed by atoms with van der Waals surface area (Å²) in [4.78, 5) is 4.14. The van der Waals surface area contributed by atoms with E-state index in [1.165, 1.54) is 17.8 Å². The van der Waals surface area contributed by atoms with E-state index in [1.807, 2.05) is 5.38 Å². The molecule has 1 aromatic rings. The number of hydrogen-bond donors (Lipinski definition) is 0. The van der Waals surface area contributed by atoms with Gasteiger partial charge in [0, 0.05) is 5.38 Å². The Bertz CT molecular complexity index is 364. The number of aromatic nitrogens is 1. The minimum Gasteiger partial charge on any atom is -0.467 e. The molecule has 1 aromatic heterocycles. The van der Waals surface area contributed by atoms with E-state index in [2.05, 4.69) is 25.8 Å². The fourth-order valence-corrected chi connectivity index (χ4v) is 3.64. The number of halogens is 1. The van der Waals surface area contributed by atoms with Crippen LogP contribution < -0.4 is 4.74 Å². The van der Waals surface area contributed by atoms with E-state index in [1.54, 1.807) is 0 Å². The molecule has 2 nitrogen and oxygen atoms in total. The third-order valence-corrected chi connectivity index (χ3v) is 4.12. The quantitative estimate of drug-likeness (QED) is 0.786. The molecule has 1 fully saturated rings. The maximum atomic E-state index is 5.91. The molecule has 2 atom stereocenters. The lowest BCUT2D eigenvalue weighted by Crippen LogP contribution is -2.34. The monoisotopic (exact) mass is 259 g/mol. The predicted molar refractivity (Wildman–Crippen MR) is 68.3 cm³/mol. The average molecular weight is 260 g/mol. The van der Waals surface area contributed by atoms with Gasteiger partial charge in [0.05, 0.1) is 0 Å². The number of nitrogens with zero attached hydrogens (tertiary/aromatic N) is 1. The molecule has 1 aliphatic carbocycles. The van der Waals surface area contributed by atoms with Gasteiger partial charge in [0.1, 0.15) is 11.3 Å². The molecule has 0 amide bonds. The van der Waals surface area contributed by atoms with Crippen LogP contribution in [0.15, 0.2) is 5.38 Å². The van der Waals surface area contributed by atoms with Crippen molar-refractivity contribution in [2.75, 3.05) is 0 Å². The first kappa shape index (κ1) is 12.2. The molecule has 16 heavy (non-hydrogen) atoms. The first-order chi connectivity index (χ1) is 7.44. The lowest BCUT2D eigenvalue weighted by atomic mass is 9.71. The van der Waals surface area contributed by atoms with E-state index in [0.29, 0.717) is 21.9 Å². The normalized spacial score (nSPS) is 29.0. The smallest absolute Gasteiger partial charge is 0.274 e. The number of rotatable bonds is 2. The van der Waals surface area contributed by atoms with Crippen molar-refractivity contribution >= 4 is 22.9 Å². The molecule has 0 spiro atoms.